The number of hydrogen-bond donors (Lipinski definition) is 0. The van der Waals surface area contributed by atoms with Gasteiger partial charge in [-0.2, -0.15) is 0 Å². The van der Waals surface area contributed by atoms with E-state index in [1.54, 1.807) is 45.3 Å². The molecule has 2 atom stereocenters. The standard InChI is InChI=1S/C30H26N4S4/c1-20-8-3-9-21-29(20)32(2)30-23(34(26-12-6-18-37-26)27-13-7-19-38-27)15-14-22(28(30)31-21)33(24-10-4-16-35-24)25-11-5-17-36-25/h3-7,9-20,30H,8H2,1-2H3. The third-order valence-electron chi connectivity index (χ3n) is 7.12. The van der Waals surface area contributed by atoms with Crippen molar-refractivity contribution in [3.05, 3.63) is 117 Å². The summed E-state index contributed by atoms with van der Waals surface area (Å²) in [5.74, 6) is 0.420. The van der Waals surface area contributed by atoms with E-state index >= 15 is 0 Å². The highest BCUT2D eigenvalue weighted by Gasteiger charge is 2.42. The van der Waals surface area contributed by atoms with Crippen molar-refractivity contribution in [1.29, 1.82) is 0 Å². The van der Waals surface area contributed by atoms with Gasteiger partial charge in [-0.1, -0.05) is 13.0 Å². The van der Waals surface area contributed by atoms with Gasteiger partial charge < -0.3 is 4.90 Å². The van der Waals surface area contributed by atoms with Crippen LogP contribution in [0.15, 0.2) is 122 Å². The SMILES string of the molecule is CC1CC=CC2=C1N(C)C1C(N(c3cccs3)c3cccs3)=CC=C(N(c3cccs3)c3cccs3)C1=N2. The van der Waals surface area contributed by atoms with Gasteiger partial charge in [-0.15, -0.1) is 45.3 Å². The maximum absolute atomic E-state index is 5.45. The summed E-state index contributed by atoms with van der Waals surface area (Å²) in [6, 6.07) is 17.3. The lowest BCUT2D eigenvalue weighted by Gasteiger charge is -2.46. The Kier molecular flexibility index (Phi) is 6.20. The summed E-state index contributed by atoms with van der Waals surface area (Å²) in [4.78, 5) is 12.7. The summed E-state index contributed by atoms with van der Waals surface area (Å²) in [7, 11) is 2.25. The van der Waals surface area contributed by atoms with Crippen molar-refractivity contribution in [2.45, 2.75) is 19.4 Å². The van der Waals surface area contributed by atoms with Gasteiger partial charge in [0.2, 0.25) is 0 Å². The zero-order chi connectivity index (χ0) is 25.6. The van der Waals surface area contributed by atoms with E-state index in [9.17, 15) is 0 Å². The number of thiophene rings is 4. The lowest BCUT2D eigenvalue weighted by Crippen LogP contribution is -2.50. The molecule has 4 nitrogen and oxygen atoms in total. The predicted molar refractivity (Wildman–Crippen MR) is 167 cm³/mol. The van der Waals surface area contributed by atoms with Crippen molar-refractivity contribution in [3.8, 4) is 0 Å². The van der Waals surface area contributed by atoms with Crippen LogP contribution >= 0.6 is 45.3 Å². The molecule has 38 heavy (non-hydrogen) atoms. The number of aliphatic imine (C=N–C) groups is 1. The first-order chi connectivity index (χ1) is 18.7. The molecular weight excluding hydrogens is 545 g/mol. The fourth-order valence-electron chi connectivity index (χ4n) is 5.53. The Morgan fingerprint density at radius 3 is 1.87 bits per heavy atom. The first-order valence-electron chi connectivity index (χ1n) is 12.6. The van der Waals surface area contributed by atoms with E-state index in [0.29, 0.717) is 5.92 Å². The number of likely N-dealkylation sites (N-methyl/N-ethyl adjacent to an activating group) is 1. The fraction of sp³-hybridized carbons (Fsp3) is 0.167. The maximum Gasteiger partial charge on any atom is 0.114 e. The molecule has 8 heteroatoms. The molecule has 0 saturated heterocycles. The highest BCUT2D eigenvalue weighted by molar-refractivity contribution is 7.17. The highest BCUT2D eigenvalue weighted by atomic mass is 32.1. The summed E-state index contributed by atoms with van der Waals surface area (Å²) < 4.78 is 0. The second kappa shape index (κ2) is 9.85. The van der Waals surface area contributed by atoms with E-state index in [-0.39, 0.29) is 6.04 Å². The fourth-order valence-corrected chi connectivity index (χ4v) is 8.68. The predicted octanol–water partition coefficient (Wildman–Crippen LogP) is 9.25. The third kappa shape index (κ3) is 3.94. The van der Waals surface area contributed by atoms with E-state index in [2.05, 4.69) is 123 Å². The van der Waals surface area contributed by atoms with Crippen molar-refractivity contribution in [2.75, 3.05) is 16.8 Å². The number of anilines is 4. The molecule has 0 radical (unpaired) electrons. The van der Waals surface area contributed by atoms with Gasteiger partial charge in [0.25, 0.3) is 0 Å². The van der Waals surface area contributed by atoms with E-state index in [1.807, 2.05) is 0 Å². The van der Waals surface area contributed by atoms with Crippen LogP contribution in [0.2, 0.25) is 0 Å². The van der Waals surface area contributed by atoms with Gasteiger partial charge in [-0.25, -0.2) is 4.99 Å². The van der Waals surface area contributed by atoms with Crippen molar-refractivity contribution < 1.29 is 0 Å². The number of rotatable bonds is 6. The van der Waals surface area contributed by atoms with Crippen LogP contribution in [0.1, 0.15) is 13.3 Å². The molecule has 0 N–H and O–H groups in total. The third-order valence-corrected chi connectivity index (χ3v) is 10.5. The lowest BCUT2D eigenvalue weighted by atomic mass is 9.88. The van der Waals surface area contributed by atoms with Crippen LogP contribution in [0.4, 0.5) is 20.0 Å². The van der Waals surface area contributed by atoms with Gasteiger partial charge in [0.05, 0.1) is 22.8 Å². The summed E-state index contributed by atoms with van der Waals surface area (Å²) in [5, 5.41) is 13.4. The molecule has 7 rings (SSSR count). The lowest BCUT2D eigenvalue weighted by molar-refractivity contribution is 0.338. The van der Waals surface area contributed by atoms with Crippen LogP contribution in [0.5, 0.6) is 0 Å². The van der Waals surface area contributed by atoms with Crippen molar-refractivity contribution in [3.63, 3.8) is 0 Å². The quantitative estimate of drug-likeness (QED) is 0.231. The Hall–Kier alpha value is -3.17. The Labute approximate surface area is 239 Å². The molecule has 190 valence electrons. The zero-order valence-corrected chi connectivity index (χ0v) is 24.3. The second-order valence-corrected chi connectivity index (χ2v) is 13.1. The van der Waals surface area contributed by atoms with Crippen molar-refractivity contribution in [1.82, 2.24) is 4.90 Å². The number of hydrogen-bond acceptors (Lipinski definition) is 8. The molecule has 3 aliphatic rings. The molecule has 0 spiro atoms. The maximum atomic E-state index is 5.45. The van der Waals surface area contributed by atoms with Crippen molar-refractivity contribution in [2.24, 2.45) is 10.9 Å². The first kappa shape index (κ1) is 23.9. The molecule has 4 aromatic rings. The van der Waals surface area contributed by atoms with Gasteiger partial charge in [0.1, 0.15) is 26.0 Å². The Balaban J connectivity index is 1.46. The van der Waals surface area contributed by atoms with E-state index in [0.717, 1.165) is 23.5 Å². The summed E-state index contributed by atoms with van der Waals surface area (Å²) in [6.45, 7) is 2.32. The van der Waals surface area contributed by atoms with E-state index in [1.165, 1.54) is 31.4 Å². The number of allylic oxidation sites excluding steroid dienone is 5. The van der Waals surface area contributed by atoms with Gasteiger partial charge >= 0.3 is 0 Å². The first-order valence-corrected chi connectivity index (χ1v) is 16.1. The molecule has 2 unspecified atom stereocenters. The van der Waals surface area contributed by atoms with Gasteiger partial charge in [-0.05, 0) is 94.7 Å². The molecular formula is C30H26N4S4. The molecule has 0 aromatic carbocycles. The molecule has 1 aliphatic heterocycles. The second-order valence-electron chi connectivity index (χ2n) is 9.44. The molecule has 4 aromatic heterocycles. The topological polar surface area (TPSA) is 22.1 Å². The van der Waals surface area contributed by atoms with Gasteiger partial charge in [0.15, 0.2) is 0 Å². The van der Waals surface area contributed by atoms with E-state index in [4.69, 9.17) is 4.99 Å². The monoisotopic (exact) mass is 570 g/mol. The zero-order valence-electron chi connectivity index (χ0n) is 21.0. The molecule has 2 aliphatic carbocycles. The summed E-state index contributed by atoms with van der Waals surface area (Å²) in [6.07, 6.45) is 10.1. The average molecular weight is 571 g/mol. The molecule has 0 amide bonds. The van der Waals surface area contributed by atoms with Crippen LogP contribution in [0.25, 0.3) is 0 Å². The largest absolute Gasteiger partial charge is 0.362 e. The normalized spacial score (nSPS) is 20.5. The smallest absolute Gasteiger partial charge is 0.114 e. The minimum absolute atomic E-state index is 0.0191. The van der Waals surface area contributed by atoms with E-state index < -0.39 is 0 Å². The van der Waals surface area contributed by atoms with Gasteiger partial charge in [-0.3, -0.25) is 9.80 Å². The van der Waals surface area contributed by atoms with Gasteiger partial charge in [0, 0.05) is 18.7 Å². The molecule has 0 saturated carbocycles. The minimum Gasteiger partial charge on any atom is -0.362 e. The summed E-state index contributed by atoms with van der Waals surface area (Å²) in [5.41, 5.74) is 5.85. The molecule has 0 bridgehead atoms. The van der Waals surface area contributed by atoms with Crippen LogP contribution in [0, 0.1) is 5.92 Å². The Morgan fingerprint density at radius 2 is 1.34 bits per heavy atom. The summed E-state index contributed by atoms with van der Waals surface area (Å²) >= 11 is 7.06. The Morgan fingerprint density at radius 1 is 0.789 bits per heavy atom. The average Bonchev–Trinajstić information content (AvgIpc) is 3.75. The number of nitrogens with zero attached hydrogens (tertiary/aromatic N) is 4. The Bertz CT molecular complexity index is 1500. The van der Waals surface area contributed by atoms with Crippen LogP contribution in [-0.2, 0) is 0 Å². The molecule has 5 heterocycles. The molecule has 0 fully saturated rings. The number of fused-ring (bicyclic) bond motifs is 1. The van der Waals surface area contributed by atoms with Crippen molar-refractivity contribution >= 4 is 71.1 Å². The highest BCUT2D eigenvalue weighted by Crippen LogP contribution is 2.46. The van der Waals surface area contributed by atoms with Crippen LogP contribution in [0.3, 0.4) is 0 Å². The minimum atomic E-state index is -0.0191. The van der Waals surface area contributed by atoms with Crippen LogP contribution in [-0.4, -0.2) is 23.7 Å². The van der Waals surface area contributed by atoms with Crippen LogP contribution < -0.4 is 9.80 Å².